The van der Waals surface area contributed by atoms with Crippen LogP contribution in [0.5, 0.6) is 0 Å². The Morgan fingerprint density at radius 2 is 1.84 bits per heavy atom. The number of nitrogens with zero attached hydrogens (tertiary/aromatic N) is 2. The van der Waals surface area contributed by atoms with Crippen LogP contribution in [0.2, 0.25) is 0 Å². The Kier molecular flexibility index (Phi) is 2.81. The van der Waals surface area contributed by atoms with E-state index in [1.54, 1.807) is 12.1 Å². The van der Waals surface area contributed by atoms with Crippen molar-refractivity contribution in [2.45, 2.75) is 25.7 Å². The average Bonchev–Trinajstić information content (AvgIpc) is 2.44. The summed E-state index contributed by atoms with van der Waals surface area (Å²) in [6.45, 7) is 0. The molecule has 0 spiro atoms. The van der Waals surface area contributed by atoms with Gasteiger partial charge >= 0.3 is 0 Å². The van der Waals surface area contributed by atoms with Crippen molar-refractivity contribution in [3.8, 4) is 11.3 Å². The highest BCUT2D eigenvalue weighted by molar-refractivity contribution is 5.58. The molecule has 2 aromatic rings. The molecule has 19 heavy (non-hydrogen) atoms. The Labute approximate surface area is 109 Å². The highest BCUT2D eigenvalue weighted by Crippen LogP contribution is 2.23. The zero-order valence-electron chi connectivity index (χ0n) is 10.3. The summed E-state index contributed by atoms with van der Waals surface area (Å²) in [5, 5.41) is 10.3. The van der Waals surface area contributed by atoms with E-state index in [0.717, 1.165) is 22.0 Å². The maximum Gasteiger partial charge on any atom is 0.262 e. The number of fused-ring (bicyclic) bond motifs is 1. The lowest BCUT2D eigenvalue weighted by atomic mass is 10.00. The van der Waals surface area contributed by atoms with Gasteiger partial charge in [0.05, 0.1) is 4.43 Å². The lowest BCUT2D eigenvalue weighted by molar-refractivity contribution is -0.507. The molecule has 0 saturated heterocycles. The van der Waals surface area contributed by atoms with Crippen LogP contribution in [0, 0.1) is 10.7 Å². The maximum atomic E-state index is 12.9. The normalized spacial score (nSPS) is 14.2. The molecule has 0 amide bonds. The predicted octanol–water partition coefficient (Wildman–Crippen LogP) is 2.32. The minimum absolute atomic E-state index is 0.346. The molecule has 3 rings (SSSR count). The van der Waals surface area contributed by atoms with E-state index < -0.39 is 0 Å². The third-order valence-corrected chi connectivity index (χ3v) is 3.54. The van der Waals surface area contributed by atoms with Gasteiger partial charge in [-0.05, 0) is 43.5 Å². The number of hydrogen-bond acceptors (Lipinski definition) is 2. The van der Waals surface area contributed by atoms with E-state index in [0.29, 0.717) is 35.5 Å². The van der Waals surface area contributed by atoms with Crippen molar-refractivity contribution in [1.29, 1.82) is 0 Å². The molecular weight excluding hydrogens is 247 g/mol. The molecule has 5 heteroatoms. The number of rotatable bonds is 1. The van der Waals surface area contributed by atoms with Crippen molar-refractivity contribution in [2.75, 3.05) is 0 Å². The van der Waals surface area contributed by atoms with Crippen LogP contribution < -0.4 is 4.43 Å². The van der Waals surface area contributed by atoms with Gasteiger partial charge in [-0.1, -0.05) is 0 Å². The van der Waals surface area contributed by atoms with Crippen LogP contribution in [0.25, 0.3) is 11.3 Å². The fraction of sp³-hybridized carbons (Fsp3) is 0.286. The summed E-state index contributed by atoms with van der Waals surface area (Å²) >= 11 is 0. The van der Waals surface area contributed by atoms with Gasteiger partial charge in [0.25, 0.3) is 11.9 Å². The molecule has 1 N–H and O–H groups in total. The van der Waals surface area contributed by atoms with Crippen LogP contribution in [0.3, 0.4) is 0 Å². The molecule has 1 aliphatic carbocycles. The first kappa shape index (κ1) is 11.9. The summed E-state index contributed by atoms with van der Waals surface area (Å²) in [6.07, 6.45) is 4.63. The zero-order chi connectivity index (χ0) is 13.4. The summed E-state index contributed by atoms with van der Waals surface area (Å²) in [7, 11) is 0. The SMILES string of the molecule is O=[n+]1cc(-c2ccc(F)cc2)n(O)c2c1CCCC2. The summed E-state index contributed by atoms with van der Waals surface area (Å²) in [5.41, 5.74) is 2.28. The molecule has 1 aliphatic rings. The molecule has 0 unspecified atom stereocenters. The van der Waals surface area contributed by atoms with E-state index in [1.165, 1.54) is 18.3 Å². The molecule has 1 aromatic carbocycles. The van der Waals surface area contributed by atoms with Crippen molar-refractivity contribution >= 4 is 0 Å². The maximum absolute atomic E-state index is 12.9. The van der Waals surface area contributed by atoms with Gasteiger partial charge in [0.1, 0.15) is 11.5 Å². The summed E-state index contributed by atoms with van der Waals surface area (Å²) < 4.78 is 14.8. The van der Waals surface area contributed by atoms with Crippen molar-refractivity contribution in [3.05, 3.63) is 52.6 Å². The van der Waals surface area contributed by atoms with Crippen molar-refractivity contribution in [3.63, 3.8) is 0 Å². The van der Waals surface area contributed by atoms with Crippen molar-refractivity contribution < 1.29 is 14.0 Å². The minimum atomic E-state index is -0.346. The summed E-state index contributed by atoms with van der Waals surface area (Å²) in [6, 6.07) is 5.72. The molecule has 98 valence electrons. The fourth-order valence-electron chi connectivity index (χ4n) is 2.55. The molecule has 0 bridgehead atoms. The largest absolute Gasteiger partial charge is 0.428 e. The van der Waals surface area contributed by atoms with Gasteiger partial charge in [0.2, 0.25) is 0 Å². The first-order valence-corrected chi connectivity index (χ1v) is 6.32. The van der Waals surface area contributed by atoms with Gasteiger partial charge in [-0.2, -0.15) is 4.73 Å². The second kappa shape index (κ2) is 4.50. The average molecular weight is 261 g/mol. The molecule has 4 nitrogen and oxygen atoms in total. The number of benzene rings is 1. The topological polar surface area (TPSA) is 48.1 Å². The highest BCUT2D eigenvalue weighted by Gasteiger charge is 2.26. The van der Waals surface area contributed by atoms with Crippen molar-refractivity contribution in [2.24, 2.45) is 0 Å². The van der Waals surface area contributed by atoms with Crippen LogP contribution in [0.1, 0.15) is 24.2 Å². The second-order valence-corrected chi connectivity index (χ2v) is 4.76. The Bertz CT molecular complexity index is 677. The molecule has 0 atom stereocenters. The van der Waals surface area contributed by atoms with Crippen LogP contribution >= 0.6 is 0 Å². The Balaban J connectivity index is 2.20. The third-order valence-electron chi connectivity index (χ3n) is 3.54. The summed E-state index contributed by atoms with van der Waals surface area (Å²) in [4.78, 5) is 12.0. The molecule has 1 heterocycles. The van der Waals surface area contributed by atoms with E-state index in [9.17, 15) is 14.5 Å². The standard InChI is InChI=1S/C14H14FN2O2/c15-11-7-5-10(6-8-11)14-9-16(18)12-3-1-2-4-13(12)17(14)19/h5-9,19H,1-4H2/q+1. The highest BCUT2D eigenvalue weighted by atomic mass is 19.1. The Morgan fingerprint density at radius 1 is 1.16 bits per heavy atom. The van der Waals surface area contributed by atoms with E-state index >= 15 is 0 Å². The predicted molar refractivity (Wildman–Crippen MR) is 67.0 cm³/mol. The van der Waals surface area contributed by atoms with Gasteiger partial charge in [0.15, 0.2) is 5.69 Å². The van der Waals surface area contributed by atoms with Crippen LogP contribution in [-0.2, 0) is 12.8 Å². The zero-order valence-corrected chi connectivity index (χ0v) is 10.3. The number of halogens is 1. The van der Waals surface area contributed by atoms with Gasteiger partial charge in [0, 0.05) is 16.9 Å². The second-order valence-electron chi connectivity index (χ2n) is 4.76. The molecule has 0 fully saturated rings. The first-order chi connectivity index (χ1) is 9.16. The molecule has 1 aromatic heterocycles. The lowest BCUT2D eigenvalue weighted by Gasteiger charge is -2.14. The Morgan fingerprint density at radius 3 is 2.58 bits per heavy atom. The molecule has 0 radical (unpaired) electrons. The van der Waals surface area contributed by atoms with Gasteiger partial charge in [-0.25, -0.2) is 4.39 Å². The first-order valence-electron chi connectivity index (χ1n) is 6.32. The van der Waals surface area contributed by atoms with E-state index in [4.69, 9.17) is 0 Å². The van der Waals surface area contributed by atoms with E-state index in [2.05, 4.69) is 0 Å². The smallest absolute Gasteiger partial charge is 0.262 e. The van der Waals surface area contributed by atoms with Gasteiger partial charge < -0.3 is 5.21 Å². The molecular formula is C14H14FN2O2+. The fourth-order valence-corrected chi connectivity index (χ4v) is 2.55. The number of hydrogen-bond donors (Lipinski definition) is 1. The number of aromatic nitrogens is 2. The quantitative estimate of drug-likeness (QED) is 0.632. The molecule has 0 aliphatic heterocycles. The van der Waals surface area contributed by atoms with Gasteiger partial charge in [-0.15, -0.1) is 0 Å². The monoisotopic (exact) mass is 261 g/mol. The lowest BCUT2D eigenvalue weighted by Crippen LogP contribution is -2.30. The van der Waals surface area contributed by atoms with Crippen molar-refractivity contribution in [1.82, 2.24) is 4.73 Å². The minimum Gasteiger partial charge on any atom is -0.428 e. The van der Waals surface area contributed by atoms with E-state index in [1.807, 2.05) is 0 Å². The van der Waals surface area contributed by atoms with Crippen LogP contribution in [0.15, 0.2) is 30.5 Å². The van der Waals surface area contributed by atoms with Crippen LogP contribution in [-0.4, -0.2) is 9.94 Å². The Hall–Kier alpha value is -2.17. The van der Waals surface area contributed by atoms with E-state index in [-0.39, 0.29) is 5.82 Å². The summed E-state index contributed by atoms with van der Waals surface area (Å²) in [5.74, 6) is -0.346. The van der Waals surface area contributed by atoms with Crippen LogP contribution in [0.4, 0.5) is 4.39 Å². The molecule has 0 saturated carbocycles. The third kappa shape index (κ3) is 2.01. The van der Waals surface area contributed by atoms with Gasteiger partial charge in [-0.3, -0.25) is 0 Å².